The van der Waals surface area contributed by atoms with E-state index < -0.39 is 0 Å². The molecular weight excluding hydrogens is 226 g/mol. The second kappa shape index (κ2) is 6.95. The van der Waals surface area contributed by atoms with Crippen molar-refractivity contribution < 1.29 is 9.15 Å². The summed E-state index contributed by atoms with van der Waals surface area (Å²) in [5, 5.41) is 3.40. The van der Waals surface area contributed by atoms with Crippen molar-refractivity contribution in [3.05, 3.63) is 23.7 Å². The van der Waals surface area contributed by atoms with Crippen LogP contribution in [0.15, 0.2) is 16.7 Å². The van der Waals surface area contributed by atoms with Crippen molar-refractivity contribution in [3.8, 4) is 0 Å². The summed E-state index contributed by atoms with van der Waals surface area (Å²) in [6.45, 7) is 3.10. The fraction of sp³-hybridized carbons (Fsp3) is 0.733. The van der Waals surface area contributed by atoms with Gasteiger partial charge >= 0.3 is 0 Å². The first-order chi connectivity index (χ1) is 8.85. The number of aryl methyl sites for hydroxylation is 1. The molecule has 1 aliphatic heterocycles. The van der Waals surface area contributed by atoms with Gasteiger partial charge < -0.3 is 14.5 Å². The van der Waals surface area contributed by atoms with Gasteiger partial charge in [-0.3, -0.25) is 0 Å². The van der Waals surface area contributed by atoms with Gasteiger partial charge in [0.2, 0.25) is 0 Å². The number of furan rings is 1. The Balaban J connectivity index is 1.81. The minimum Gasteiger partial charge on any atom is -0.469 e. The summed E-state index contributed by atoms with van der Waals surface area (Å²) in [6.07, 6.45) is 9.32. The third kappa shape index (κ3) is 3.36. The molecule has 2 atom stereocenters. The van der Waals surface area contributed by atoms with Gasteiger partial charge in [0.15, 0.2) is 0 Å². The number of rotatable bonds is 7. The topological polar surface area (TPSA) is 34.4 Å². The first-order valence-electron chi connectivity index (χ1n) is 7.20. The maximum absolute atomic E-state index is 5.67. The zero-order valence-corrected chi connectivity index (χ0v) is 11.6. The molecule has 2 unspecified atom stereocenters. The summed E-state index contributed by atoms with van der Waals surface area (Å²) < 4.78 is 11.2. The van der Waals surface area contributed by atoms with Gasteiger partial charge in [0.25, 0.3) is 0 Å². The molecule has 0 spiro atoms. The normalized spacial score (nSPS) is 21.3. The highest BCUT2D eigenvalue weighted by Gasteiger charge is 2.18. The lowest BCUT2D eigenvalue weighted by Gasteiger charge is -2.17. The van der Waals surface area contributed by atoms with Gasteiger partial charge in [-0.15, -0.1) is 0 Å². The van der Waals surface area contributed by atoms with E-state index in [4.69, 9.17) is 9.15 Å². The standard InChI is InChI=1S/C15H25NO2/c1-3-15-13(9-11-18-15)14(16-2)8-4-6-12-7-5-10-17-12/h9,11-12,14,16H,3-8,10H2,1-2H3. The van der Waals surface area contributed by atoms with E-state index in [0.717, 1.165) is 25.2 Å². The quantitative estimate of drug-likeness (QED) is 0.806. The molecule has 0 amide bonds. The van der Waals surface area contributed by atoms with Gasteiger partial charge in [-0.05, 0) is 45.2 Å². The fourth-order valence-corrected chi connectivity index (χ4v) is 2.83. The molecule has 102 valence electrons. The largest absolute Gasteiger partial charge is 0.469 e. The molecular formula is C15H25NO2. The van der Waals surface area contributed by atoms with Crippen molar-refractivity contribution in [3.63, 3.8) is 0 Å². The van der Waals surface area contributed by atoms with Crippen molar-refractivity contribution >= 4 is 0 Å². The van der Waals surface area contributed by atoms with Crippen LogP contribution in [0.3, 0.4) is 0 Å². The van der Waals surface area contributed by atoms with E-state index >= 15 is 0 Å². The van der Waals surface area contributed by atoms with E-state index in [2.05, 4.69) is 18.3 Å². The SMILES string of the molecule is CCc1occc1C(CCCC1CCCO1)NC. The Hall–Kier alpha value is -0.800. The van der Waals surface area contributed by atoms with Gasteiger partial charge in [-0.2, -0.15) is 0 Å². The Kier molecular flexibility index (Phi) is 5.26. The number of nitrogens with one attached hydrogen (secondary N) is 1. The van der Waals surface area contributed by atoms with Gasteiger partial charge in [0, 0.05) is 24.6 Å². The lowest BCUT2D eigenvalue weighted by molar-refractivity contribution is 0.101. The summed E-state index contributed by atoms with van der Waals surface area (Å²) in [5.74, 6) is 1.12. The van der Waals surface area contributed by atoms with E-state index in [0.29, 0.717) is 12.1 Å². The predicted octanol–water partition coefficient (Wildman–Crippen LogP) is 3.45. The van der Waals surface area contributed by atoms with Crippen LogP contribution in [0.25, 0.3) is 0 Å². The van der Waals surface area contributed by atoms with E-state index in [9.17, 15) is 0 Å². The minimum atomic E-state index is 0.417. The van der Waals surface area contributed by atoms with Gasteiger partial charge in [-0.1, -0.05) is 6.92 Å². The minimum absolute atomic E-state index is 0.417. The lowest BCUT2D eigenvalue weighted by Crippen LogP contribution is -2.17. The van der Waals surface area contributed by atoms with Crippen LogP contribution in [0, 0.1) is 0 Å². The molecule has 1 saturated heterocycles. The molecule has 0 aliphatic carbocycles. The molecule has 1 aliphatic rings. The average molecular weight is 251 g/mol. The van der Waals surface area contributed by atoms with Crippen LogP contribution in [0.2, 0.25) is 0 Å². The summed E-state index contributed by atoms with van der Waals surface area (Å²) >= 11 is 0. The predicted molar refractivity (Wildman–Crippen MR) is 72.7 cm³/mol. The Morgan fingerprint density at radius 3 is 3.06 bits per heavy atom. The Labute approximate surface area is 110 Å². The fourth-order valence-electron chi connectivity index (χ4n) is 2.83. The van der Waals surface area contributed by atoms with E-state index in [1.165, 1.54) is 31.2 Å². The molecule has 0 saturated carbocycles. The molecule has 1 aromatic heterocycles. The molecule has 3 heteroatoms. The molecule has 1 fully saturated rings. The maximum Gasteiger partial charge on any atom is 0.108 e. The van der Waals surface area contributed by atoms with Crippen LogP contribution in [0.1, 0.15) is 56.4 Å². The van der Waals surface area contributed by atoms with Crippen LogP contribution < -0.4 is 5.32 Å². The lowest BCUT2D eigenvalue weighted by atomic mass is 9.99. The smallest absolute Gasteiger partial charge is 0.108 e. The summed E-state index contributed by atoms with van der Waals surface area (Å²) in [7, 11) is 2.03. The maximum atomic E-state index is 5.67. The molecule has 18 heavy (non-hydrogen) atoms. The summed E-state index contributed by atoms with van der Waals surface area (Å²) in [6, 6.07) is 2.52. The van der Waals surface area contributed by atoms with Gasteiger partial charge in [0.05, 0.1) is 12.4 Å². The zero-order valence-electron chi connectivity index (χ0n) is 11.6. The third-order valence-corrected chi connectivity index (χ3v) is 3.87. The second-order valence-electron chi connectivity index (χ2n) is 5.06. The highest BCUT2D eigenvalue weighted by atomic mass is 16.5. The molecule has 2 rings (SSSR count). The molecule has 3 nitrogen and oxygen atoms in total. The van der Waals surface area contributed by atoms with Crippen LogP contribution >= 0.6 is 0 Å². The number of ether oxygens (including phenoxy) is 1. The zero-order chi connectivity index (χ0) is 12.8. The highest BCUT2D eigenvalue weighted by Crippen LogP contribution is 2.26. The van der Waals surface area contributed by atoms with E-state index in [1.54, 1.807) is 6.26 Å². The molecule has 1 N–H and O–H groups in total. The Morgan fingerprint density at radius 1 is 1.50 bits per heavy atom. The summed E-state index contributed by atoms with van der Waals surface area (Å²) in [5.41, 5.74) is 1.33. The average Bonchev–Trinajstić information content (AvgIpc) is 3.05. The van der Waals surface area contributed by atoms with Crippen LogP contribution in [-0.4, -0.2) is 19.8 Å². The highest BCUT2D eigenvalue weighted by molar-refractivity contribution is 5.21. The number of hydrogen-bond donors (Lipinski definition) is 1. The number of hydrogen-bond acceptors (Lipinski definition) is 3. The van der Waals surface area contributed by atoms with E-state index in [1.807, 2.05) is 7.05 Å². The van der Waals surface area contributed by atoms with Crippen LogP contribution in [-0.2, 0) is 11.2 Å². The van der Waals surface area contributed by atoms with Crippen LogP contribution in [0.5, 0.6) is 0 Å². The van der Waals surface area contributed by atoms with Crippen molar-refractivity contribution in [2.24, 2.45) is 0 Å². The van der Waals surface area contributed by atoms with Crippen molar-refractivity contribution in [2.75, 3.05) is 13.7 Å². The van der Waals surface area contributed by atoms with Crippen molar-refractivity contribution in [1.29, 1.82) is 0 Å². The van der Waals surface area contributed by atoms with Crippen molar-refractivity contribution in [2.45, 2.75) is 57.6 Å². The van der Waals surface area contributed by atoms with Gasteiger partial charge in [0.1, 0.15) is 5.76 Å². The van der Waals surface area contributed by atoms with Crippen molar-refractivity contribution in [1.82, 2.24) is 5.32 Å². The molecule has 0 bridgehead atoms. The first-order valence-corrected chi connectivity index (χ1v) is 7.20. The Bertz CT molecular complexity index is 342. The molecule has 0 aromatic carbocycles. The molecule has 1 aromatic rings. The second-order valence-corrected chi connectivity index (χ2v) is 5.06. The van der Waals surface area contributed by atoms with Crippen LogP contribution in [0.4, 0.5) is 0 Å². The van der Waals surface area contributed by atoms with E-state index in [-0.39, 0.29) is 0 Å². The van der Waals surface area contributed by atoms with Gasteiger partial charge in [-0.25, -0.2) is 0 Å². The first kappa shape index (κ1) is 13.6. The monoisotopic (exact) mass is 251 g/mol. The Morgan fingerprint density at radius 2 is 2.39 bits per heavy atom. The third-order valence-electron chi connectivity index (χ3n) is 3.87. The molecule has 0 radical (unpaired) electrons. The molecule has 2 heterocycles. The summed E-state index contributed by atoms with van der Waals surface area (Å²) in [4.78, 5) is 0.